The lowest BCUT2D eigenvalue weighted by atomic mass is 10.2. The molecule has 0 spiro atoms. The zero-order valence-electron chi connectivity index (χ0n) is 14.1. The molecule has 0 atom stereocenters. The number of hydrogen-bond acceptors (Lipinski definition) is 6. The molecule has 0 aliphatic carbocycles. The van der Waals surface area contributed by atoms with E-state index in [-0.39, 0.29) is 29.9 Å². The Labute approximate surface area is 150 Å². The maximum absolute atomic E-state index is 12.6. The summed E-state index contributed by atoms with van der Waals surface area (Å²) in [5.74, 6) is 0. The third-order valence-electron chi connectivity index (χ3n) is 3.31. The van der Waals surface area contributed by atoms with Gasteiger partial charge in [0.05, 0.1) is 10.2 Å². The molecule has 0 aromatic heterocycles. The Morgan fingerprint density at radius 1 is 0.846 bits per heavy atom. The van der Waals surface area contributed by atoms with E-state index >= 15 is 0 Å². The maximum atomic E-state index is 12.6. The average molecular weight is 454 g/mol. The first-order chi connectivity index (χ1) is 11.5. The fourth-order valence-corrected chi connectivity index (χ4v) is 6.63. The van der Waals surface area contributed by atoms with Crippen LogP contribution in [0.2, 0.25) is 0 Å². The van der Waals surface area contributed by atoms with Crippen molar-refractivity contribution >= 4 is 29.9 Å². The third kappa shape index (κ3) is 6.07. The van der Waals surface area contributed by atoms with Gasteiger partial charge in [0.25, 0.3) is 19.7 Å². The van der Waals surface area contributed by atoms with Crippen LogP contribution < -0.4 is 0 Å². The lowest BCUT2D eigenvalue weighted by Gasteiger charge is -2.30. The summed E-state index contributed by atoms with van der Waals surface area (Å²) < 4.78 is 128. The normalized spacial score (nSPS) is 15.0. The highest BCUT2D eigenvalue weighted by atomic mass is 32.3. The highest BCUT2D eigenvalue weighted by Crippen LogP contribution is 2.38. The van der Waals surface area contributed by atoms with E-state index in [9.17, 15) is 43.2 Å². The van der Waals surface area contributed by atoms with Crippen molar-refractivity contribution in [2.75, 3.05) is 13.2 Å². The van der Waals surface area contributed by atoms with Crippen LogP contribution in [-0.4, -0.2) is 61.3 Å². The van der Waals surface area contributed by atoms with E-state index < -0.39 is 53.5 Å². The minimum absolute atomic E-state index is 0.134. The SMILES string of the molecule is CCOC([SiH3])(CCCC(S(=O)(=O)C(F)(F)F)S(=O)(=O)C(F)(F)F)OCC. The van der Waals surface area contributed by atoms with Gasteiger partial charge in [-0.3, -0.25) is 0 Å². The number of halogens is 6. The van der Waals surface area contributed by atoms with E-state index in [2.05, 4.69) is 0 Å². The first-order valence-corrected chi connectivity index (χ1v) is 11.4. The second-order valence-electron chi connectivity index (χ2n) is 5.30. The van der Waals surface area contributed by atoms with Crippen LogP contribution in [0.3, 0.4) is 0 Å². The monoisotopic (exact) mass is 454 g/mol. The standard InChI is InChI=1S/C11H20F6O6S2Si/c1-3-22-9(26,23-4-2)7-5-6-8(24(18,19)10(12,13)14)25(20,21)11(15,16)17/h8H,3-7H2,1-2,26H3. The van der Waals surface area contributed by atoms with Crippen LogP contribution in [0.15, 0.2) is 0 Å². The van der Waals surface area contributed by atoms with E-state index in [0.29, 0.717) is 0 Å². The smallest absolute Gasteiger partial charge is 0.355 e. The second-order valence-corrected chi connectivity index (χ2v) is 11.4. The minimum atomic E-state index is -6.60. The van der Waals surface area contributed by atoms with Crippen molar-refractivity contribution in [3.05, 3.63) is 0 Å². The fraction of sp³-hybridized carbons (Fsp3) is 1.00. The zero-order chi connectivity index (χ0) is 21.0. The van der Waals surface area contributed by atoms with Gasteiger partial charge in [-0.1, -0.05) is 0 Å². The topological polar surface area (TPSA) is 86.7 Å². The van der Waals surface area contributed by atoms with Gasteiger partial charge in [0.15, 0.2) is 4.58 Å². The Kier molecular flexibility index (Phi) is 8.62. The van der Waals surface area contributed by atoms with Gasteiger partial charge in [0.1, 0.15) is 5.41 Å². The summed E-state index contributed by atoms with van der Waals surface area (Å²) in [6.07, 6.45) is -2.25. The lowest BCUT2D eigenvalue weighted by Crippen LogP contribution is -2.45. The molecule has 0 aromatic carbocycles. The molecule has 0 amide bonds. The van der Waals surface area contributed by atoms with E-state index in [4.69, 9.17) is 9.47 Å². The molecule has 0 aliphatic heterocycles. The van der Waals surface area contributed by atoms with Crippen molar-refractivity contribution in [1.82, 2.24) is 0 Å². The van der Waals surface area contributed by atoms with Crippen LogP contribution in [0.4, 0.5) is 26.3 Å². The molecule has 0 rings (SSSR count). The summed E-state index contributed by atoms with van der Waals surface area (Å²) in [6, 6.07) is 0. The van der Waals surface area contributed by atoms with Crippen molar-refractivity contribution in [2.24, 2.45) is 0 Å². The van der Waals surface area contributed by atoms with Gasteiger partial charge in [-0.2, -0.15) is 26.3 Å². The van der Waals surface area contributed by atoms with Crippen molar-refractivity contribution in [2.45, 2.75) is 54.1 Å². The molecule has 0 aliphatic rings. The first-order valence-electron chi connectivity index (χ1n) is 7.34. The lowest BCUT2D eigenvalue weighted by molar-refractivity contribution is -0.177. The van der Waals surface area contributed by atoms with E-state index in [1.807, 2.05) is 0 Å². The van der Waals surface area contributed by atoms with Gasteiger partial charge in [-0.05, 0) is 33.1 Å². The molecule has 6 nitrogen and oxygen atoms in total. The van der Waals surface area contributed by atoms with Gasteiger partial charge in [-0.15, -0.1) is 0 Å². The third-order valence-corrected chi connectivity index (χ3v) is 9.05. The summed E-state index contributed by atoms with van der Waals surface area (Å²) in [4.78, 5) is 0. The average Bonchev–Trinajstić information content (AvgIpc) is 2.41. The molecule has 0 N–H and O–H groups in total. The van der Waals surface area contributed by atoms with Crippen LogP contribution in [-0.2, 0) is 29.1 Å². The highest BCUT2D eigenvalue weighted by molar-refractivity contribution is 8.09. The Bertz CT molecular complexity index is 608. The molecule has 26 heavy (non-hydrogen) atoms. The van der Waals surface area contributed by atoms with Gasteiger partial charge < -0.3 is 9.47 Å². The first kappa shape index (κ1) is 25.6. The molecule has 0 unspecified atom stereocenters. The fourth-order valence-electron chi connectivity index (χ4n) is 2.16. The van der Waals surface area contributed by atoms with Crippen molar-refractivity contribution in [1.29, 1.82) is 0 Å². The predicted octanol–water partition coefficient (Wildman–Crippen LogP) is 1.44. The predicted molar refractivity (Wildman–Crippen MR) is 83.5 cm³/mol. The summed E-state index contributed by atoms with van der Waals surface area (Å²) in [7, 11) is -13.0. The molecule has 0 aromatic rings. The van der Waals surface area contributed by atoms with Crippen LogP contribution in [0.25, 0.3) is 0 Å². The number of hydrogen-bond donors (Lipinski definition) is 0. The van der Waals surface area contributed by atoms with E-state index in [1.165, 1.54) is 0 Å². The van der Waals surface area contributed by atoms with Crippen LogP contribution in [0.1, 0.15) is 33.1 Å². The quantitative estimate of drug-likeness (QED) is 0.282. The van der Waals surface area contributed by atoms with Gasteiger partial charge in [-0.25, -0.2) is 16.8 Å². The molecule has 0 saturated heterocycles. The molecule has 15 heteroatoms. The zero-order valence-corrected chi connectivity index (χ0v) is 17.8. The summed E-state index contributed by atoms with van der Waals surface area (Å²) >= 11 is 0. The number of ether oxygens (including phenoxy) is 2. The number of alkyl halides is 6. The molecule has 158 valence electrons. The van der Waals surface area contributed by atoms with Gasteiger partial charge >= 0.3 is 11.0 Å². The number of rotatable bonds is 10. The summed E-state index contributed by atoms with van der Waals surface area (Å²) in [6.45, 7) is 3.43. The van der Waals surface area contributed by atoms with Crippen molar-refractivity contribution in [3.63, 3.8) is 0 Å². The van der Waals surface area contributed by atoms with Gasteiger partial charge in [0, 0.05) is 13.2 Å². The molecule has 0 radical (unpaired) electrons. The Balaban J connectivity index is 5.69. The van der Waals surface area contributed by atoms with Crippen molar-refractivity contribution in [3.8, 4) is 0 Å². The summed E-state index contributed by atoms with van der Waals surface area (Å²) in [5, 5.41) is 0. The molecule has 0 fully saturated rings. The Hall–Kier alpha value is -0.383. The van der Waals surface area contributed by atoms with Crippen LogP contribution >= 0.6 is 0 Å². The molecular formula is C11H20F6O6S2Si. The Morgan fingerprint density at radius 3 is 1.46 bits per heavy atom. The van der Waals surface area contributed by atoms with E-state index in [0.717, 1.165) is 0 Å². The Morgan fingerprint density at radius 2 is 1.19 bits per heavy atom. The highest BCUT2D eigenvalue weighted by Gasteiger charge is 2.62. The van der Waals surface area contributed by atoms with Crippen molar-refractivity contribution < 1.29 is 52.7 Å². The van der Waals surface area contributed by atoms with Gasteiger partial charge in [0.2, 0.25) is 0 Å². The number of sulfone groups is 2. The molecule has 0 saturated carbocycles. The minimum Gasteiger partial charge on any atom is -0.355 e. The second kappa shape index (κ2) is 8.75. The van der Waals surface area contributed by atoms with Crippen LogP contribution in [0, 0.1) is 0 Å². The van der Waals surface area contributed by atoms with E-state index in [1.54, 1.807) is 13.8 Å². The molecule has 0 heterocycles. The van der Waals surface area contributed by atoms with Crippen LogP contribution in [0.5, 0.6) is 0 Å². The summed E-state index contributed by atoms with van der Waals surface area (Å²) in [5.41, 5.74) is -13.6. The largest absolute Gasteiger partial charge is 0.498 e. The molecule has 0 bridgehead atoms. The maximum Gasteiger partial charge on any atom is 0.498 e. The molecular weight excluding hydrogens is 434 g/mol.